The van der Waals surface area contributed by atoms with Gasteiger partial charge in [0.1, 0.15) is 0 Å². The third-order valence-electron chi connectivity index (χ3n) is 17.1. The molecule has 0 unspecified atom stereocenters. The molecule has 0 N–H and O–H groups in total. The van der Waals surface area contributed by atoms with E-state index in [0.29, 0.717) is 17.5 Å². The van der Waals surface area contributed by atoms with E-state index < -0.39 is 0 Å². The highest BCUT2D eigenvalue weighted by Crippen LogP contribution is 2.50. The number of hydrogen-bond donors (Lipinski definition) is 0. The monoisotopic (exact) mass is 986 g/mol. The second kappa shape index (κ2) is 17.1. The average molecular weight is 986 g/mol. The summed E-state index contributed by atoms with van der Waals surface area (Å²) in [6.07, 6.45) is 0. The van der Waals surface area contributed by atoms with Gasteiger partial charge in [0, 0.05) is 49.4 Å². The van der Waals surface area contributed by atoms with E-state index in [0.717, 1.165) is 72.4 Å². The number of fused-ring (bicyclic) bond motifs is 2. The Morgan fingerprint density at radius 1 is 0.316 bits per heavy atom. The SMILES string of the molecule is CC(C)(C)c1ccc2c(c1)c1cc3ccc1n2-c1c(-c2ccccc2)cccc1-c1nc(-c2ccccc2)nc(n1)-c1cccc(-c2ccccc2)c1-n1c2ccc(C(C)(C)C)cc2c2cc(ccc21)C(C)(C)C3(C)C. The molecule has 5 nitrogen and oxygen atoms in total. The first-order valence-electron chi connectivity index (χ1n) is 26.9. The molecule has 0 radical (unpaired) electrons. The normalized spacial score (nSPS) is 14.1. The molecule has 10 bridgehead atoms. The van der Waals surface area contributed by atoms with Crippen molar-refractivity contribution < 1.29 is 0 Å². The second-order valence-corrected chi connectivity index (χ2v) is 24.2. The smallest absolute Gasteiger partial charge is 0.166 e. The molecule has 7 heterocycles. The van der Waals surface area contributed by atoms with E-state index in [9.17, 15) is 0 Å². The lowest BCUT2D eigenvalue weighted by Crippen LogP contribution is -2.40. The molecular formula is C71H63N5. The zero-order valence-electron chi connectivity index (χ0n) is 45.3. The summed E-state index contributed by atoms with van der Waals surface area (Å²) in [5.74, 6) is 1.78. The molecule has 0 aliphatic carbocycles. The minimum absolute atomic E-state index is 0.0687. The first-order chi connectivity index (χ1) is 36.5. The first kappa shape index (κ1) is 47.3. The van der Waals surface area contributed by atoms with Crippen molar-refractivity contribution in [3.05, 3.63) is 222 Å². The molecule has 4 aliphatic rings. The summed E-state index contributed by atoms with van der Waals surface area (Å²) >= 11 is 0. The highest BCUT2D eigenvalue weighted by molar-refractivity contribution is 6.13. The quantitative estimate of drug-likeness (QED) is 0.177. The number of para-hydroxylation sites is 2. The van der Waals surface area contributed by atoms with E-state index in [4.69, 9.17) is 15.0 Å². The van der Waals surface area contributed by atoms with Gasteiger partial charge in [-0.05, 0) is 116 Å². The van der Waals surface area contributed by atoms with E-state index in [2.05, 4.69) is 272 Å². The largest absolute Gasteiger partial charge is 0.308 e. The third-order valence-corrected chi connectivity index (χ3v) is 17.1. The van der Waals surface area contributed by atoms with Gasteiger partial charge in [0.2, 0.25) is 0 Å². The number of hydrogen-bond acceptors (Lipinski definition) is 3. The Labute approximate surface area is 446 Å². The highest BCUT2D eigenvalue weighted by Gasteiger charge is 2.41. The number of nitrogens with zero attached hydrogens (tertiary/aromatic N) is 5. The van der Waals surface area contributed by atoms with Crippen molar-refractivity contribution >= 4 is 43.6 Å². The molecule has 76 heavy (non-hydrogen) atoms. The maximum Gasteiger partial charge on any atom is 0.166 e. The van der Waals surface area contributed by atoms with Crippen LogP contribution in [0.3, 0.4) is 0 Å². The van der Waals surface area contributed by atoms with Gasteiger partial charge in [0.05, 0.1) is 33.4 Å². The fourth-order valence-electron chi connectivity index (χ4n) is 11.9. The Morgan fingerprint density at radius 3 is 1.03 bits per heavy atom. The molecule has 0 saturated carbocycles. The molecule has 16 rings (SSSR count). The van der Waals surface area contributed by atoms with Crippen molar-refractivity contribution in [2.24, 2.45) is 0 Å². The molecule has 3 aromatic heterocycles. The maximum atomic E-state index is 5.75. The summed E-state index contributed by atoms with van der Waals surface area (Å²) in [6, 6.07) is 73.9. The van der Waals surface area contributed by atoms with Crippen LogP contribution in [0, 0.1) is 0 Å². The molecule has 9 aromatic carbocycles. The van der Waals surface area contributed by atoms with Crippen LogP contribution in [0.2, 0.25) is 0 Å². The first-order valence-corrected chi connectivity index (χ1v) is 26.9. The van der Waals surface area contributed by atoms with Crippen LogP contribution in [0.5, 0.6) is 0 Å². The van der Waals surface area contributed by atoms with E-state index in [1.807, 2.05) is 6.07 Å². The predicted molar refractivity (Wildman–Crippen MR) is 319 cm³/mol. The summed E-state index contributed by atoms with van der Waals surface area (Å²) in [4.78, 5) is 16.8. The predicted octanol–water partition coefficient (Wildman–Crippen LogP) is 18.6. The zero-order valence-corrected chi connectivity index (χ0v) is 45.3. The minimum Gasteiger partial charge on any atom is -0.308 e. The molecule has 0 fully saturated rings. The standard InChI is InChI=1S/C71H63N5/c1-68(2,3)47-32-36-59-55(40-47)57-42-49-34-38-61(57)75(59)63-51(44-22-14-11-15-23-44)28-20-30-53(63)66-72-65(46-26-18-13-19-27-46)73-67(74-66)54-31-21-29-52(45-24-16-12-17-25-45)64(54)76-60-37-33-48(69(4,5)6)41-56(60)58-43-50(35-39-62(58)76)71(9,10)70(49,7)8/h11-43H,1-10H3. The molecule has 4 aliphatic heterocycles. The van der Waals surface area contributed by atoms with Crippen molar-refractivity contribution in [1.29, 1.82) is 0 Å². The van der Waals surface area contributed by atoms with Gasteiger partial charge in [-0.3, -0.25) is 0 Å². The van der Waals surface area contributed by atoms with Crippen LogP contribution >= 0.6 is 0 Å². The van der Waals surface area contributed by atoms with Crippen LogP contribution in [-0.2, 0) is 21.7 Å². The summed E-state index contributed by atoms with van der Waals surface area (Å²) in [5, 5.41) is 4.86. The maximum absolute atomic E-state index is 5.75. The molecule has 0 saturated heterocycles. The van der Waals surface area contributed by atoms with Gasteiger partial charge >= 0.3 is 0 Å². The number of rotatable bonds is 3. The van der Waals surface area contributed by atoms with Gasteiger partial charge in [-0.2, -0.15) is 0 Å². The van der Waals surface area contributed by atoms with Gasteiger partial charge in [-0.15, -0.1) is 0 Å². The van der Waals surface area contributed by atoms with Gasteiger partial charge < -0.3 is 9.13 Å². The van der Waals surface area contributed by atoms with E-state index in [1.165, 1.54) is 43.8 Å². The molecular weight excluding hydrogens is 923 g/mol. The van der Waals surface area contributed by atoms with Crippen LogP contribution < -0.4 is 0 Å². The van der Waals surface area contributed by atoms with E-state index in [-0.39, 0.29) is 21.7 Å². The van der Waals surface area contributed by atoms with Crippen molar-refractivity contribution in [3.63, 3.8) is 0 Å². The van der Waals surface area contributed by atoms with Crippen LogP contribution in [-0.4, -0.2) is 24.1 Å². The van der Waals surface area contributed by atoms with E-state index in [1.54, 1.807) is 0 Å². The van der Waals surface area contributed by atoms with Crippen LogP contribution in [0.25, 0.3) is 111 Å². The molecule has 5 heteroatoms. The lowest BCUT2D eigenvalue weighted by molar-refractivity contribution is 0.303. The van der Waals surface area contributed by atoms with Crippen LogP contribution in [0.4, 0.5) is 0 Å². The zero-order chi connectivity index (χ0) is 52.5. The van der Waals surface area contributed by atoms with E-state index >= 15 is 0 Å². The Morgan fingerprint density at radius 2 is 0.645 bits per heavy atom. The van der Waals surface area contributed by atoms with Crippen LogP contribution in [0.1, 0.15) is 91.5 Å². The molecule has 372 valence electrons. The Balaban J connectivity index is 1.25. The summed E-state index contributed by atoms with van der Waals surface area (Å²) in [7, 11) is 0. The van der Waals surface area contributed by atoms with Gasteiger partial charge in [0.25, 0.3) is 0 Å². The fourth-order valence-corrected chi connectivity index (χ4v) is 11.9. The Bertz CT molecular complexity index is 4020. The van der Waals surface area contributed by atoms with Crippen LogP contribution in [0.15, 0.2) is 200 Å². The van der Waals surface area contributed by atoms with Gasteiger partial charge in [-0.1, -0.05) is 209 Å². The average Bonchev–Trinajstić information content (AvgIpc) is 4.17. The Hall–Kier alpha value is -8.41. The highest BCUT2D eigenvalue weighted by atomic mass is 15.1. The lowest BCUT2D eigenvalue weighted by atomic mass is 9.61. The second-order valence-electron chi connectivity index (χ2n) is 24.2. The molecule has 0 spiro atoms. The van der Waals surface area contributed by atoms with Crippen molar-refractivity contribution in [3.8, 4) is 67.8 Å². The van der Waals surface area contributed by atoms with Crippen molar-refractivity contribution in [2.45, 2.75) is 90.9 Å². The Kier molecular flexibility index (Phi) is 10.6. The van der Waals surface area contributed by atoms with Crippen molar-refractivity contribution in [1.82, 2.24) is 24.1 Å². The summed E-state index contributed by atoms with van der Waals surface area (Å²) < 4.78 is 4.98. The topological polar surface area (TPSA) is 48.5 Å². The molecule has 0 atom stereocenters. The summed E-state index contributed by atoms with van der Waals surface area (Å²) in [6.45, 7) is 23.6. The lowest BCUT2D eigenvalue weighted by Gasteiger charge is -2.43. The summed E-state index contributed by atoms with van der Waals surface area (Å²) in [5.41, 5.74) is 18.0. The number of benzene rings is 9. The molecule has 0 amide bonds. The fraction of sp³-hybridized carbons (Fsp3) is 0.197. The van der Waals surface area contributed by atoms with Crippen molar-refractivity contribution in [2.75, 3.05) is 0 Å². The third kappa shape index (κ3) is 7.38. The minimum atomic E-state index is -0.324. The van der Waals surface area contributed by atoms with Gasteiger partial charge in [-0.25, -0.2) is 15.0 Å². The number of aromatic nitrogens is 5. The molecule has 12 aromatic rings. The van der Waals surface area contributed by atoms with Gasteiger partial charge in [0.15, 0.2) is 17.5 Å².